The van der Waals surface area contributed by atoms with Crippen LogP contribution in [0.2, 0.25) is 0 Å². The van der Waals surface area contributed by atoms with Crippen LogP contribution in [0.15, 0.2) is 29.3 Å². The maximum Gasteiger partial charge on any atom is 0.190 e. The predicted octanol–water partition coefficient (Wildman–Crippen LogP) is 2.88. The molecule has 0 aliphatic carbocycles. The van der Waals surface area contributed by atoms with Crippen LogP contribution < -0.4 is 20.3 Å². The molecule has 1 aliphatic heterocycles. The van der Waals surface area contributed by atoms with E-state index in [0.717, 1.165) is 37.9 Å². The number of hydrogen-bond donors (Lipinski definition) is 2. The van der Waals surface area contributed by atoms with Gasteiger partial charge in [-0.25, -0.2) is 0 Å². The van der Waals surface area contributed by atoms with Gasteiger partial charge in [-0.1, -0.05) is 25.8 Å². The van der Waals surface area contributed by atoms with E-state index in [1.165, 1.54) is 31.4 Å². The molecule has 24 heavy (non-hydrogen) atoms. The fraction of sp³-hybridized carbons (Fsp3) is 0.632. The average Bonchev–Trinajstić information content (AvgIpc) is 3.10. The summed E-state index contributed by atoms with van der Waals surface area (Å²) in [6.45, 7) is 6.36. The minimum absolute atomic E-state index is 0.644. The molecule has 0 spiro atoms. The summed E-state index contributed by atoms with van der Waals surface area (Å²) in [6.07, 6.45) is 4.92. The number of rotatable bonds is 8. The molecule has 2 rings (SSSR count). The fourth-order valence-corrected chi connectivity index (χ4v) is 3.08. The lowest BCUT2D eigenvalue weighted by atomic mass is 10.1. The van der Waals surface area contributed by atoms with E-state index in [1.807, 2.05) is 13.1 Å². The zero-order valence-electron chi connectivity index (χ0n) is 15.3. The molecular formula is C19H32N4O. The molecule has 0 bridgehead atoms. The van der Waals surface area contributed by atoms with Gasteiger partial charge in [0.1, 0.15) is 5.75 Å². The predicted molar refractivity (Wildman–Crippen MR) is 102 cm³/mol. The molecule has 0 radical (unpaired) electrons. The highest BCUT2D eigenvalue weighted by Gasteiger charge is 2.23. The molecule has 1 aliphatic rings. The van der Waals surface area contributed by atoms with Crippen LogP contribution in [0.1, 0.15) is 32.6 Å². The van der Waals surface area contributed by atoms with Crippen LogP contribution in [0, 0.1) is 5.92 Å². The number of hydrogen-bond acceptors (Lipinski definition) is 3. The Morgan fingerprint density at radius 2 is 2.21 bits per heavy atom. The Kier molecular flexibility index (Phi) is 7.72. The van der Waals surface area contributed by atoms with Crippen LogP contribution in [0.5, 0.6) is 5.75 Å². The lowest BCUT2D eigenvalue weighted by Crippen LogP contribution is -2.40. The van der Waals surface area contributed by atoms with E-state index in [9.17, 15) is 0 Å². The molecule has 1 atom stereocenters. The van der Waals surface area contributed by atoms with Crippen LogP contribution in [0.25, 0.3) is 0 Å². The van der Waals surface area contributed by atoms with Gasteiger partial charge in [0.05, 0.1) is 7.11 Å². The monoisotopic (exact) mass is 332 g/mol. The average molecular weight is 332 g/mol. The van der Waals surface area contributed by atoms with Gasteiger partial charge in [0.15, 0.2) is 5.96 Å². The molecule has 2 N–H and O–H groups in total. The Morgan fingerprint density at radius 3 is 2.96 bits per heavy atom. The third-order valence-corrected chi connectivity index (χ3v) is 4.56. The van der Waals surface area contributed by atoms with Crippen molar-refractivity contribution in [1.29, 1.82) is 0 Å². The van der Waals surface area contributed by atoms with Crippen LogP contribution in [-0.4, -0.2) is 46.3 Å². The number of nitrogens with one attached hydrogen (secondary N) is 2. The van der Waals surface area contributed by atoms with E-state index in [0.29, 0.717) is 5.92 Å². The number of unbranched alkanes of at least 4 members (excludes halogenated alkanes) is 2. The standard InChI is InChI=1S/C19H32N4O/c1-4-5-6-11-21-19(20-2)22-14-16-10-12-23(15-16)17-8-7-9-18(13-17)24-3/h7-9,13,16H,4-6,10-12,14-15H2,1-3H3,(H2,20,21,22). The van der Waals surface area contributed by atoms with Crippen molar-refractivity contribution in [3.05, 3.63) is 24.3 Å². The van der Waals surface area contributed by atoms with Crippen LogP contribution in [0.4, 0.5) is 5.69 Å². The van der Waals surface area contributed by atoms with Crippen molar-refractivity contribution in [2.24, 2.45) is 10.9 Å². The van der Waals surface area contributed by atoms with Crippen molar-refractivity contribution < 1.29 is 4.74 Å². The highest BCUT2D eigenvalue weighted by atomic mass is 16.5. The summed E-state index contributed by atoms with van der Waals surface area (Å²) in [5, 5.41) is 6.87. The highest BCUT2D eigenvalue weighted by molar-refractivity contribution is 5.79. The molecule has 134 valence electrons. The van der Waals surface area contributed by atoms with Gasteiger partial charge < -0.3 is 20.3 Å². The molecule has 0 aromatic heterocycles. The number of methoxy groups -OCH3 is 1. The Labute approximate surface area is 146 Å². The number of anilines is 1. The molecule has 1 heterocycles. The summed E-state index contributed by atoms with van der Waals surface area (Å²) < 4.78 is 5.33. The van der Waals surface area contributed by atoms with Crippen LogP contribution >= 0.6 is 0 Å². The highest BCUT2D eigenvalue weighted by Crippen LogP contribution is 2.26. The molecule has 1 aromatic carbocycles. The molecule has 1 unspecified atom stereocenters. The summed E-state index contributed by atoms with van der Waals surface area (Å²) in [4.78, 5) is 6.75. The zero-order chi connectivity index (χ0) is 17.2. The Bertz CT molecular complexity index is 518. The van der Waals surface area contributed by atoms with E-state index >= 15 is 0 Å². The van der Waals surface area contributed by atoms with Crippen molar-refractivity contribution in [2.45, 2.75) is 32.6 Å². The molecule has 1 aromatic rings. The maximum absolute atomic E-state index is 5.33. The number of guanidine groups is 1. The second-order valence-corrected chi connectivity index (χ2v) is 6.39. The topological polar surface area (TPSA) is 48.9 Å². The van der Waals surface area contributed by atoms with E-state index < -0.39 is 0 Å². The van der Waals surface area contributed by atoms with E-state index in [2.05, 4.69) is 45.6 Å². The molecule has 1 saturated heterocycles. The summed E-state index contributed by atoms with van der Waals surface area (Å²) in [6, 6.07) is 8.32. The minimum atomic E-state index is 0.644. The lowest BCUT2D eigenvalue weighted by Gasteiger charge is -2.20. The number of nitrogens with zero attached hydrogens (tertiary/aromatic N) is 2. The van der Waals surface area contributed by atoms with Crippen molar-refractivity contribution in [3.8, 4) is 5.75 Å². The van der Waals surface area contributed by atoms with Gasteiger partial charge in [0.25, 0.3) is 0 Å². The number of benzene rings is 1. The summed E-state index contributed by atoms with van der Waals surface area (Å²) in [5.74, 6) is 2.49. The maximum atomic E-state index is 5.33. The summed E-state index contributed by atoms with van der Waals surface area (Å²) in [5.41, 5.74) is 1.25. The SMILES string of the molecule is CCCCCNC(=NC)NCC1CCN(c2cccc(OC)c2)C1. The summed E-state index contributed by atoms with van der Waals surface area (Å²) in [7, 11) is 3.56. The second kappa shape index (κ2) is 10.1. The van der Waals surface area contributed by atoms with Crippen molar-refractivity contribution >= 4 is 11.6 Å². The molecule has 1 fully saturated rings. The first-order chi connectivity index (χ1) is 11.8. The van der Waals surface area contributed by atoms with E-state index in [1.54, 1.807) is 7.11 Å². The van der Waals surface area contributed by atoms with Crippen LogP contribution in [0.3, 0.4) is 0 Å². The normalized spacial score (nSPS) is 17.9. The first kappa shape index (κ1) is 18.4. The van der Waals surface area contributed by atoms with Gasteiger partial charge in [-0.05, 0) is 30.9 Å². The van der Waals surface area contributed by atoms with Gasteiger partial charge in [-0.15, -0.1) is 0 Å². The molecule has 5 heteroatoms. The number of aliphatic imine (C=N–C) groups is 1. The Balaban J connectivity index is 1.74. The fourth-order valence-electron chi connectivity index (χ4n) is 3.08. The Morgan fingerprint density at radius 1 is 1.33 bits per heavy atom. The second-order valence-electron chi connectivity index (χ2n) is 6.39. The van der Waals surface area contributed by atoms with Gasteiger partial charge in [-0.2, -0.15) is 0 Å². The minimum Gasteiger partial charge on any atom is -0.497 e. The third-order valence-electron chi connectivity index (χ3n) is 4.56. The van der Waals surface area contributed by atoms with E-state index in [-0.39, 0.29) is 0 Å². The molecule has 5 nitrogen and oxygen atoms in total. The molecular weight excluding hydrogens is 300 g/mol. The quantitative estimate of drug-likeness (QED) is 0.437. The van der Waals surface area contributed by atoms with Crippen LogP contribution in [-0.2, 0) is 0 Å². The van der Waals surface area contributed by atoms with Crippen molar-refractivity contribution in [3.63, 3.8) is 0 Å². The zero-order valence-corrected chi connectivity index (χ0v) is 15.3. The smallest absolute Gasteiger partial charge is 0.190 e. The van der Waals surface area contributed by atoms with Gasteiger partial charge in [0.2, 0.25) is 0 Å². The first-order valence-corrected chi connectivity index (χ1v) is 9.10. The first-order valence-electron chi connectivity index (χ1n) is 9.10. The lowest BCUT2D eigenvalue weighted by molar-refractivity contribution is 0.415. The largest absolute Gasteiger partial charge is 0.497 e. The van der Waals surface area contributed by atoms with Crippen molar-refractivity contribution in [2.75, 3.05) is 45.2 Å². The van der Waals surface area contributed by atoms with Gasteiger partial charge in [0, 0.05) is 45.0 Å². The third kappa shape index (κ3) is 5.62. The van der Waals surface area contributed by atoms with Crippen molar-refractivity contribution in [1.82, 2.24) is 10.6 Å². The van der Waals surface area contributed by atoms with Gasteiger partial charge in [-0.3, -0.25) is 4.99 Å². The van der Waals surface area contributed by atoms with E-state index in [4.69, 9.17) is 4.74 Å². The molecule has 0 amide bonds. The molecule has 0 saturated carbocycles. The Hall–Kier alpha value is -1.91. The summed E-state index contributed by atoms with van der Waals surface area (Å²) >= 11 is 0. The number of ether oxygens (including phenoxy) is 1. The van der Waals surface area contributed by atoms with Gasteiger partial charge >= 0.3 is 0 Å².